The van der Waals surface area contributed by atoms with Crippen LogP contribution in [0.25, 0.3) is 0 Å². The van der Waals surface area contributed by atoms with Crippen molar-refractivity contribution in [2.75, 3.05) is 18.5 Å². The van der Waals surface area contributed by atoms with Crippen LogP contribution in [0.4, 0.5) is 10.1 Å². The molecule has 18 heavy (non-hydrogen) atoms. The molecule has 2 N–H and O–H groups in total. The van der Waals surface area contributed by atoms with Gasteiger partial charge in [0.05, 0.1) is 6.07 Å². The summed E-state index contributed by atoms with van der Waals surface area (Å²) in [4.78, 5) is 1.97. The van der Waals surface area contributed by atoms with Crippen LogP contribution in [0.5, 0.6) is 0 Å². The smallest absolute Gasteiger partial charge is 0.125 e. The van der Waals surface area contributed by atoms with Crippen LogP contribution in [-0.4, -0.2) is 19.1 Å². The lowest BCUT2D eigenvalue weighted by Crippen LogP contribution is -2.38. The average molecular weight is 249 g/mol. The highest BCUT2D eigenvalue weighted by molar-refractivity contribution is 5.45. The van der Waals surface area contributed by atoms with Crippen LogP contribution in [-0.2, 0) is 0 Å². The summed E-state index contributed by atoms with van der Waals surface area (Å²) < 4.78 is 13.1. The highest BCUT2D eigenvalue weighted by Gasteiger charge is 2.21. The van der Waals surface area contributed by atoms with E-state index in [2.05, 4.69) is 6.07 Å². The van der Waals surface area contributed by atoms with Gasteiger partial charge in [-0.15, -0.1) is 0 Å². The number of hydrogen-bond donors (Lipinski definition) is 1. The molecule has 0 aliphatic carbocycles. The van der Waals surface area contributed by atoms with E-state index in [9.17, 15) is 4.39 Å². The van der Waals surface area contributed by atoms with E-state index in [0.29, 0.717) is 12.8 Å². The maximum Gasteiger partial charge on any atom is 0.125 e. The van der Waals surface area contributed by atoms with Gasteiger partial charge in [0.2, 0.25) is 0 Å². The number of benzene rings is 1. The minimum absolute atomic E-state index is 0.238. The Labute approximate surface area is 108 Å². The first-order valence-electron chi connectivity index (χ1n) is 6.17. The first-order valence-corrected chi connectivity index (χ1v) is 6.17. The summed E-state index contributed by atoms with van der Waals surface area (Å²) in [5.41, 5.74) is 6.01. The summed E-state index contributed by atoms with van der Waals surface area (Å²) in [6, 6.07) is 8.63. The Hall–Kier alpha value is -1.60. The average Bonchev–Trinajstić information content (AvgIpc) is 2.38. The summed E-state index contributed by atoms with van der Waals surface area (Å²) in [5.74, 6) is -0.238. The zero-order valence-electron chi connectivity index (χ0n) is 11.0. The minimum atomic E-state index is -0.733. The second-order valence-corrected chi connectivity index (χ2v) is 4.63. The van der Waals surface area contributed by atoms with E-state index in [1.165, 1.54) is 12.1 Å². The van der Waals surface area contributed by atoms with Crippen molar-refractivity contribution in [3.8, 4) is 6.07 Å². The Morgan fingerprint density at radius 1 is 1.50 bits per heavy atom. The summed E-state index contributed by atoms with van der Waals surface area (Å²) in [6.07, 6.45) is 2.11. The Morgan fingerprint density at radius 3 is 2.78 bits per heavy atom. The molecule has 0 aliphatic rings. The number of anilines is 1. The number of nitrogens with two attached hydrogens (primary N) is 1. The predicted molar refractivity (Wildman–Crippen MR) is 71.7 cm³/mol. The van der Waals surface area contributed by atoms with E-state index in [1.807, 2.05) is 24.9 Å². The highest BCUT2D eigenvalue weighted by Crippen LogP contribution is 2.17. The molecule has 0 aliphatic heterocycles. The van der Waals surface area contributed by atoms with Crippen molar-refractivity contribution in [2.24, 2.45) is 5.73 Å². The molecule has 0 fully saturated rings. The molecule has 0 radical (unpaired) electrons. The normalized spacial score (nSPS) is 13.7. The SMILES string of the molecule is CCC(N)(C#N)CCCN(C)c1cccc(F)c1. The van der Waals surface area contributed by atoms with E-state index in [-0.39, 0.29) is 5.82 Å². The molecule has 1 atom stereocenters. The van der Waals surface area contributed by atoms with Gasteiger partial charge >= 0.3 is 0 Å². The summed E-state index contributed by atoms with van der Waals surface area (Å²) >= 11 is 0. The molecule has 4 heteroatoms. The van der Waals surface area contributed by atoms with Gasteiger partial charge in [0, 0.05) is 19.3 Å². The number of rotatable bonds is 6. The van der Waals surface area contributed by atoms with Crippen LogP contribution in [0.3, 0.4) is 0 Å². The van der Waals surface area contributed by atoms with Crippen molar-refractivity contribution in [1.29, 1.82) is 5.26 Å². The lowest BCUT2D eigenvalue weighted by Gasteiger charge is -2.23. The summed E-state index contributed by atoms with van der Waals surface area (Å²) in [6.45, 7) is 2.67. The molecule has 0 aromatic heterocycles. The van der Waals surface area contributed by atoms with Crippen LogP contribution in [0.15, 0.2) is 24.3 Å². The molecule has 1 unspecified atom stereocenters. The van der Waals surface area contributed by atoms with Gasteiger partial charge in [0.15, 0.2) is 0 Å². The zero-order valence-corrected chi connectivity index (χ0v) is 11.0. The van der Waals surface area contributed by atoms with Gasteiger partial charge in [-0.1, -0.05) is 13.0 Å². The lowest BCUT2D eigenvalue weighted by atomic mass is 9.93. The fraction of sp³-hybridized carbons (Fsp3) is 0.500. The first kappa shape index (κ1) is 14.5. The van der Waals surface area contributed by atoms with Crippen molar-refractivity contribution in [1.82, 2.24) is 0 Å². The maximum atomic E-state index is 13.1. The van der Waals surface area contributed by atoms with Gasteiger partial charge in [0.25, 0.3) is 0 Å². The van der Waals surface area contributed by atoms with Gasteiger partial charge in [-0.05, 0) is 37.5 Å². The first-order chi connectivity index (χ1) is 8.50. The molecule has 0 saturated heterocycles. The molecule has 0 spiro atoms. The number of nitrogens with zero attached hydrogens (tertiary/aromatic N) is 2. The topological polar surface area (TPSA) is 53.1 Å². The van der Waals surface area contributed by atoms with Crippen molar-refractivity contribution < 1.29 is 4.39 Å². The van der Waals surface area contributed by atoms with Crippen LogP contribution >= 0.6 is 0 Å². The minimum Gasteiger partial charge on any atom is -0.375 e. The largest absolute Gasteiger partial charge is 0.375 e. The van der Waals surface area contributed by atoms with E-state index in [0.717, 1.165) is 18.7 Å². The van der Waals surface area contributed by atoms with Crippen molar-refractivity contribution in [3.05, 3.63) is 30.1 Å². The second-order valence-electron chi connectivity index (χ2n) is 4.63. The summed E-state index contributed by atoms with van der Waals surface area (Å²) in [7, 11) is 1.91. The fourth-order valence-electron chi connectivity index (χ4n) is 1.79. The Kier molecular flexibility index (Phi) is 5.11. The number of nitriles is 1. The standard InChI is InChI=1S/C14H20FN3/c1-3-14(17,11-16)8-5-9-18(2)13-7-4-6-12(15)10-13/h4,6-7,10H,3,5,8-9,17H2,1-2H3. The molecule has 1 aromatic rings. The van der Waals surface area contributed by atoms with Gasteiger partial charge in [-0.3, -0.25) is 0 Å². The number of halogens is 1. The Balaban J connectivity index is 2.48. The van der Waals surface area contributed by atoms with E-state index < -0.39 is 5.54 Å². The predicted octanol–water partition coefficient (Wildman–Crippen LogP) is 2.67. The molecule has 1 rings (SSSR count). The molecular weight excluding hydrogens is 229 g/mol. The Bertz CT molecular complexity index is 427. The Morgan fingerprint density at radius 2 is 2.22 bits per heavy atom. The third-order valence-electron chi connectivity index (χ3n) is 3.22. The molecule has 1 aromatic carbocycles. The third-order valence-corrected chi connectivity index (χ3v) is 3.22. The molecule has 0 saturated carbocycles. The molecular formula is C14H20FN3. The fourth-order valence-corrected chi connectivity index (χ4v) is 1.79. The van der Waals surface area contributed by atoms with Gasteiger partial charge in [0.1, 0.15) is 11.4 Å². The molecule has 3 nitrogen and oxygen atoms in total. The van der Waals surface area contributed by atoms with E-state index >= 15 is 0 Å². The van der Waals surface area contributed by atoms with Crippen LogP contribution in [0.2, 0.25) is 0 Å². The second kappa shape index (κ2) is 6.36. The third kappa shape index (κ3) is 4.01. The van der Waals surface area contributed by atoms with Gasteiger partial charge in [-0.2, -0.15) is 5.26 Å². The molecule has 0 heterocycles. The monoisotopic (exact) mass is 249 g/mol. The lowest BCUT2D eigenvalue weighted by molar-refractivity contribution is 0.467. The van der Waals surface area contributed by atoms with Crippen LogP contribution < -0.4 is 10.6 Å². The zero-order chi connectivity index (χ0) is 13.6. The van der Waals surface area contributed by atoms with E-state index in [1.54, 1.807) is 6.07 Å². The van der Waals surface area contributed by atoms with Crippen molar-refractivity contribution >= 4 is 5.69 Å². The van der Waals surface area contributed by atoms with Crippen LogP contribution in [0.1, 0.15) is 26.2 Å². The summed E-state index contributed by atoms with van der Waals surface area (Å²) in [5, 5.41) is 8.97. The highest BCUT2D eigenvalue weighted by atomic mass is 19.1. The quantitative estimate of drug-likeness (QED) is 0.843. The maximum absolute atomic E-state index is 13.1. The van der Waals surface area contributed by atoms with Crippen molar-refractivity contribution in [2.45, 2.75) is 31.7 Å². The molecule has 0 bridgehead atoms. The molecule has 0 amide bonds. The number of hydrogen-bond acceptors (Lipinski definition) is 3. The van der Waals surface area contributed by atoms with Gasteiger partial charge in [-0.25, -0.2) is 4.39 Å². The van der Waals surface area contributed by atoms with Crippen molar-refractivity contribution in [3.63, 3.8) is 0 Å². The van der Waals surface area contributed by atoms with E-state index in [4.69, 9.17) is 11.0 Å². The van der Waals surface area contributed by atoms with Gasteiger partial charge < -0.3 is 10.6 Å². The van der Waals surface area contributed by atoms with Crippen LogP contribution in [0, 0.1) is 17.1 Å². The molecule has 98 valence electrons.